The quantitative estimate of drug-likeness (QED) is 0.788. The maximum Gasteiger partial charge on any atom is 0.358 e. The number of rotatable bonds is 2. The Bertz CT molecular complexity index is 835. The molecule has 1 aromatic heterocycles. The molecule has 0 spiro atoms. The van der Waals surface area contributed by atoms with Crippen molar-refractivity contribution in [3.63, 3.8) is 0 Å². The lowest BCUT2D eigenvalue weighted by molar-refractivity contribution is -0.139. The third-order valence-electron chi connectivity index (χ3n) is 3.97. The van der Waals surface area contributed by atoms with Crippen molar-refractivity contribution >= 4 is 17.1 Å². The van der Waals surface area contributed by atoms with E-state index < -0.39 is 11.6 Å². The van der Waals surface area contributed by atoms with Crippen molar-refractivity contribution in [3.8, 4) is 0 Å². The van der Waals surface area contributed by atoms with Crippen LogP contribution in [0.1, 0.15) is 58.4 Å². The van der Waals surface area contributed by atoms with Crippen molar-refractivity contribution in [1.82, 2.24) is 4.98 Å². The van der Waals surface area contributed by atoms with E-state index in [-0.39, 0.29) is 22.9 Å². The lowest BCUT2D eigenvalue weighted by atomic mass is 9.80. The van der Waals surface area contributed by atoms with Crippen molar-refractivity contribution < 1.29 is 13.9 Å². The van der Waals surface area contributed by atoms with E-state index in [2.05, 4.69) is 57.3 Å². The second-order valence-electron chi connectivity index (χ2n) is 8.07. The summed E-state index contributed by atoms with van der Waals surface area (Å²) in [4.78, 5) is 28.1. The van der Waals surface area contributed by atoms with Crippen LogP contribution in [0.25, 0.3) is 11.1 Å². The lowest BCUT2D eigenvalue weighted by Gasteiger charge is -2.25. The fourth-order valence-electron chi connectivity index (χ4n) is 2.46. The summed E-state index contributed by atoms with van der Waals surface area (Å²) < 4.78 is 10.2. The van der Waals surface area contributed by atoms with Crippen molar-refractivity contribution in [1.29, 1.82) is 0 Å². The third-order valence-corrected chi connectivity index (χ3v) is 3.97. The van der Waals surface area contributed by atoms with Crippen molar-refractivity contribution in [2.24, 2.45) is 0 Å². The van der Waals surface area contributed by atoms with Crippen molar-refractivity contribution in [3.05, 3.63) is 39.4 Å². The average molecular weight is 331 g/mol. The maximum atomic E-state index is 12.2. The van der Waals surface area contributed by atoms with Gasteiger partial charge in [0.25, 0.3) is 0 Å². The highest BCUT2D eigenvalue weighted by Gasteiger charge is 2.25. The number of esters is 1. The third kappa shape index (κ3) is 3.66. The van der Waals surface area contributed by atoms with Crippen LogP contribution in [0, 0.1) is 0 Å². The molecule has 0 radical (unpaired) electrons. The summed E-state index contributed by atoms with van der Waals surface area (Å²) in [5.74, 6) is -0.517. The summed E-state index contributed by atoms with van der Waals surface area (Å²) in [6.07, 6.45) is -0.195. The Morgan fingerprint density at radius 2 is 1.75 bits per heavy atom. The van der Waals surface area contributed by atoms with Crippen LogP contribution in [0.15, 0.2) is 21.3 Å². The summed E-state index contributed by atoms with van der Waals surface area (Å²) in [7, 11) is 1.28. The van der Waals surface area contributed by atoms with Crippen LogP contribution in [-0.4, -0.2) is 18.1 Å². The van der Waals surface area contributed by atoms with Crippen molar-refractivity contribution in [2.75, 3.05) is 7.11 Å². The Hall–Kier alpha value is -2.17. The van der Waals surface area contributed by atoms with Gasteiger partial charge in [-0.2, -0.15) is 0 Å². The largest absolute Gasteiger partial charge is 0.469 e. The van der Waals surface area contributed by atoms with Crippen LogP contribution >= 0.6 is 0 Å². The Labute approximate surface area is 142 Å². The minimum atomic E-state index is -0.595. The second-order valence-corrected chi connectivity index (χ2v) is 8.07. The first kappa shape index (κ1) is 18.2. The molecular weight excluding hydrogens is 306 g/mol. The molecule has 1 heterocycles. The van der Waals surface area contributed by atoms with Gasteiger partial charge >= 0.3 is 11.6 Å². The minimum absolute atomic E-state index is 0.0697. The predicted octanol–water partition coefficient (Wildman–Crippen LogP) is 3.50. The van der Waals surface area contributed by atoms with Gasteiger partial charge in [-0.3, -0.25) is 4.79 Å². The highest BCUT2D eigenvalue weighted by molar-refractivity contribution is 5.79. The molecule has 0 aliphatic carbocycles. The number of nitrogens with zero attached hydrogens (tertiary/aromatic N) is 1. The fourth-order valence-corrected chi connectivity index (χ4v) is 2.46. The molecule has 0 N–H and O–H groups in total. The zero-order chi connectivity index (χ0) is 18.3. The standard InChI is InChI=1S/C19H25NO4/c1-18(2,3)11-8-12(19(4,5)6)16-13(9-11)20-14(17(22)24-16)10-15(21)23-7/h8-9H,10H2,1-7H3. The monoisotopic (exact) mass is 331 g/mol. The van der Waals surface area contributed by atoms with Crippen LogP contribution < -0.4 is 5.63 Å². The minimum Gasteiger partial charge on any atom is -0.469 e. The summed E-state index contributed by atoms with van der Waals surface area (Å²) >= 11 is 0. The lowest BCUT2D eigenvalue weighted by Crippen LogP contribution is -2.20. The Balaban J connectivity index is 2.79. The summed E-state index contributed by atoms with van der Waals surface area (Å²) in [6.45, 7) is 12.6. The highest BCUT2D eigenvalue weighted by atomic mass is 16.5. The molecule has 0 amide bonds. The van der Waals surface area contributed by atoms with Gasteiger partial charge in [-0.25, -0.2) is 9.78 Å². The number of fused-ring (bicyclic) bond motifs is 1. The van der Waals surface area contributed by atoms with E-state index in [9.17, 15) is 9.59 Å². The fraction of sp³-hybridized carbons (Fsp3) is 0.526. The van der Waals surface area contributed by atoms with Crippen LogP contribution in [0.4, 0.5) is 0 Å². The molecular formula is C19H25NO4. The molecule has 130 valence electrons. The van der Waals surface area contributed by atoms with E-state index in [0.29, 0.717) is 11.1 Å². The Morgan fingerprint density at radius 1 is 1.12 bits per heavy atom. The predicted molar refractivity (Wildman–Crippen MR) is 93.4 cm³/mol. The molecule has 2 rings (SSSR count). The van der Waals surface area contributed by atoms with Gasteiger partial charge in [0.05, 0.1) is 13.5 Å². The normalized spacial score (nSPS) is 12.5. The number of hydrogen-bond acceptors (Lipinski definition) is 5. The highest BCUT2D eigenvalue weighted by Crippen LogP contribution is 2.34. The average Bonchev–Trinajstić information content (AvgIpc) is 2.44. The maximum absolute atomic E-state index is 12.2. The molecule has 0 saturated carbocycles. The van der Waals surface area contributed by atoms with E-state index in [1.165, 1.54) is 7.11 Å². The van der Waals surface area contributed by atoms with Crippen LogP contribution in [-0.2, 0) is 26.8 Å². The van der Waals surface area contributed by atoms with Gasteiger partial charge in [-0.1, -0.05) is 47.6 Å². The molecule has 0 bridgehead atoms. The molecule has 2 aromatic rings. The van der Waals surface area contributed by atoms with Gasteiger partial charge in [-0.05, 0) is 22.5 Å². The second kappa shape index (κ2) is 6.04. The number of methoxy groups -OCH3 is 1. The number of carbonyl (C=O) groups excluding carboxylic acids is 1. The van der Waals surface area contributed by atoms with Crippen LogP contribution in [0.2, 0.25) is 0 Å². The van der Waals surface area contributed by atoms with Gasteiger partial charge in [0.2, 0.25) is 0 Å². The summed E-state index contributed by atoms with van der Waals surface area (Å²) in [5, 5.41) is 0. The van der Waals surface area contributed by atoms with Gasteiger partial charge < -0.3 is 9.15 Å². The molecule has 0 fully saturated rings. The molecule has 0 atom stereocenters. The number of carbonyl (C=O) groups is 1. The number of ether oxygens (including phenoxy) is 1. The molecule has 0 saturated heterocycles. The SMILES string of the molecule is COC(=O)Cc1nc2cc(C(C)(C)C)cc(C(C)(C)C)c2oc1=O. The van der Waals surface area contributed by atoms with E-state index >= 15 is 0 Å². The molecule has 0 aliphatic heterocycles. The first-order chi connectivity index (χ1) is 10.9. The zero-order valence-electron chi connectivity index (χ0n) is 15.4. The van der Waals surface area contributed by atoms with E-state index in [1.807, 2.05) is 6.07 Å². The first-order valence-electron chi connectivity index (χ1n) is 7.99. The van der Waals surface area contributed by atoms with Gasteiger partial charge in [0.15, 0.2) is 5.58 Å². The number of aromatic nitrogens is 1. The molecule has 0 aliphatic rings. The first-order valence-corrected chi connectivity index (χ1v) is 7.99. The van der Waals surface area contributed by atoms with Gasteiger partial charge in [0, 0.05) is 5.56 Å². The Morgan fingerprint density at radius 3 is 2.25 bits per heavy atom. The number of benzene rings is 1. The summed E-state index contributed by atoms with van der Waals surface area (Å²) in [5.41, 5.74) is 2.29. The summed E-state index contributed by atoms with van der Waals surface area (Å²) in [6, 6.07) is 4.00. The van der Waals surface area contributed by atoms with Gasteiger partial charge in [-0.15, -0.1) is 0 Å². The van der Waals surface area contributed by atoms with Gasteiger partial charge in [0.1, 0.15) is 11.2 Å². The van der Waals surface area contributed by atoms with E-state index in [0.717, 1.165) is 11.1 Å². The molecule has 24 heavy (non-hydrogen) atoms. The number of hydrogen-bond donors (Lipinski definition) is 0. The van der Waals surface area contributed by atoms with Crippen LogP contribution in [0.3, 0.4) is 0 Å². The van der Waals surface area contributed by atoms with Crippen molar-refractivity contribution in [2.45, 2.75) is 58.8 Å². The molecule has 1 aromatic carbocycles. The topological polar surface area (TPSA) is 69.4 Å². The molecule has 5 nitrogen and oxygen atoms in total. The van der Waals surface area contributed by atoms with E-state index in [1.54, 1.807) is 0 Å². The van der Waals surface area contributed by atoms with E-state index in [4.69, 9.17) is 4.42 Å². The Kier molecular flexibility index (Phi) is 4.57. The zero-order valence-corrected chi connectivity index (χ0v) is 15.4. The molecule has 5 heteroatoms. The van der Waals surface area contributed by atoms with Crippen LogP contribution in [0.5, 0.6) is 0 Å². The molecule has 0 unspecified atom stereocenters. The smallest absolute Gasteiger partial charge is 0.358 e.